The second kappa shape index (κ2) is 4.94. The van der Waals surface area contributed by atoms with E-state index in [1.165, 1.54) is 11.1 Å². The SMILES string of the molecule is O=C1OCc2c3ccc(c21)CCc1ccc(c2c1C(=O)OC2)CC3. The molecule has 6 rings (SSSR count). The van der Waals surface area contributed by atoms with Crippen molar-refractivity contribution in [3.63, 3.8) is 0 Å². The fraction of sp³-hybridized carbons (Fsp3) is 0.300. The van der Waals surface area contributed by atoms with Gasteiger partial charge in [0, 0.05) is 11.1 Å². The lowest BCUT2D eigenvalue weighted by Crippen LogP contribution is -2.09. The fourth-order valence-corrected chi connectivity index (χ4v) is 4.16. The summed E-state index contributed by atoms with van der Waals surface area (Å²) in [6, 6.07) is 8.36. The summed E-state index contributed by atoms with van der Waals surface area (Å²) in [5.41, 5.74) is 7.98. The first-order valence-electron chi connectivity index (χ1n) is 8.34. The smallest absolute Gasteiger partial charge is 0.339 e. The van der Waals surface area contributed by atoms with Crippen molar-refractivity contribution in [3.05, 3.63) is 68.8 Å². The second-order valence-corrected chi connectivity index (χ2v) is 6.63. The van der Waals surface area contributed by atoms with E-state index in [0.717, 1.165) is 59.1 Å². The number of cyclic esters (lactones) is 2. The van der Waals surface area contributed by atoms with Crippen molar-refractivity contribution >= 4 is 11.9 Å². The molecule has 24 heavy (non-hydrogen) atoms. The van der Waals surface area contributed by atoms with Gasteiger partial charge >= 0.3 is 11.9 Å². The highest BCUT2D eigenvalue weighted by Gasteiger charge is 2.30. The zero-order valence-corrected chi connectivity index (χ0v) is 13.2. The van der Waals surface area contributed by atoms with Gasteiger partial charge in [-0.15, -0.1) is 0 Å². The van der Waals surface area contributed by atoms with Gasteiger partial charge in [0.05, 0.1) is 11.1 Å². The summed E-state index contributed by atoms with van der Waals surface area (Å²) in [5, 5.41) is 0. The monoisotopic (exact) mass is 320 g/mol. The van der Waals surface area contributed by atoms with Gasteiger partial charge in [-0.2, -0.15) is 0 Å². The number of carbonyl (C=O) groups excluding carboxylic acids is 2. The third kappa shape index (κ3) is 1.86. The predicted molar refractivity (Wildman–Crippen MR) is 85.9 cm³/mol. The van der Waals surface area contributed by atoms with Crippen molar-refractivity contribution in [1.82, 2.24) is 0 Å². The van der Waals surface area contributed by atoms with E-state index in [9.17, 15) is 9.59 Å². The largest absolute Gasteiger partial charge is 0.457 e. The number of benzene rings is 2. The van der Waals surface area contributed by atoms with Crippen molar-refractivity contribution in [2.45, 2.75) is 38.9 Å². The third-order valence-electron chi connectivity index (χ3n) is 5.42. The van der Waals surface area contributed by atoms with E-state index in [4.69, 9.17) is 9.47 Å². The Bertz CT molecular complexity index is 835. The van der Waals surface area contributed by atoms with Crippen molar-refractivity contribution in [2.75, 3.05) is 0 Å². The molecule has 0 saturated heterocycles. The molecule has 2 heterocycles. The van der Waals surface area contributed by atoms with Gasteiger partial charge in [0.15, 0.2) is 0 Å². The Morgan fingerprint density at radius 2 is 0.958 bits per heavy atom. The molecule has 0 amide bonds. The molecule has 4 bridgehead atoms. The van der Waals surface area contributed by atoms with Gasteiger partial charge in [0.1, 0.15) is 13.2 Å². The van der Waals surface area contributed by atoms with E-state index < -0.39 is 0 Å². The van der Waals surface area contributed by atoms with Gasteiger partial charge in [-0.05, 0) is 47.9 Å². The maximum Gasteiger partial charge on any atom is 0.339 e. The molecular weight excluding hydrogens is 304 g/mol. The molecule has 0 unspecified atom stereocenters. The quantitative estimate of drug-likeness (QED) is 0.700. The summed E-state index contributed by atoms with van der Waals surface area (Å²) in [4.78, 5) is 24.3. The summed E-state index contributed by atoms with van der Waals surface area (Å²) < 4.78 is 10.6. The molecule has 0 aromatic heterocycles. The number of ether oxygens (including phenoxy) is 2. The van der Waals surface area contributed by atoms with Gasteiger partial charge in [-0.1, -0.05) is 24.3 Å². The highest BCUT2D eigenvalue weighted by atomic mass is 16.5. The van der Waals surface area contributed by atoms with E-state index in [1.807, 2.05) is 12.1 Å². The maximum absolute atomic E-state index is 12.2. The topological polar surface area (TPSA) is 52.6 Å². The van der Waals surface area contributed by atoms with Crippen LogP contribution in [0.1, 0.15) is 54.1 Å². The first-order chi connectivity index (χ1) is 11.7. The molecule has 4 aliphatic rings. The lowest BCUT2D eigenvalue weighted by atomic mass is 9.86. The first kappa shape index (κ1) is 13.8. The van der Waals surface area contributed by atoms with Crippen LogP contribution in [0, 0.1) is 0 Å². The molecule has 0 saturated carbocycles. The highest BCUT2D eigenvalue weighted by Crippen LogP contribution is 2.33. The van der Waals surface area contributed by atoms with E-state index in [0.29, 0.717) is 13.2 Å². The van der Waals surface area contributed by atoms with Crippen LogP contribution >= 0.6 is 0 Å². The van der Waals surface area contributed by atoms with Gasteiger partial charge in [-0.3, -0.25) is 0 Å². The highest BCUT2D eigenvalue weighted by molar-refractivity contribution is 5.96. The maximum atomic E-state index is 12.2. The molecule has 2 aliphatic heterocycles. The minimum atomic E-state index is -0.211. The van der Waals surface area contributed by atoms with Gasteiger partial charge < -0.3 is 9.47 Å². The Morgan fingerprint density at radius 1 is 0.583 bits per heavy atom. The first-order valence-corrected chi connectivity index (χ1v) is 8.34. The van der Waals surface area contributed by atoms with E-state index in [-0.39, 0.29) is 11.9 Å². The molecule has 0 atom stereocenters. The minimum absolute atomic E-state index is 0.211. The van der Waals surface area contributed by atoms with Gasteiger partial charge in [0.25, 0.3) is 0 Å². The second-order valence-electron chi connectivity index (χ2n) is 6.63. The van der Waals surface area contributed by atoms with Crippen LogP contribution in [0.15, 0.2) is 24.3 Å². The Balaban J connectivity index is 1.68. The lowest BCUT2D eigenvalue weighted by molar-refractivity contribution is 0.0524. The van der Waals surface area contributed by atoms with E-state index in [1.54, 1.807) is 0 Å². The van der Waals surface area contributed by atoms with Crippen LogP contribution in [0.3, 0.4) is 0 Å². The number of hydrogen-bond donors (Lipinski definition) is 0. The van der Waals surface area contributed by atoms with Crippen molar-refractivity contribution in [2.24, 2.45) is 0 Å². The Hall–Kier alpha value is -2.62. The van der Waals surface area contributed by atoms with E-state index in [2.05, 4.69) is 12.1 Å². The van der Waals surface area contributed by atoms with Crippen LogP contribution in [0.4, 0.5) is 0 Å². The van der Waals surface area contributed by atoms with Crippen LogP contribution in [0.5, 0.6) is 0 Å². The van der Waals surface area contributed by atoms with Gasteiger partial charge in [0.2, 0.25) is 0 Å². The fourth-order valence-electron chi connectivity index (χ4n) is 4.16. The molecule has 2 aliphatic carbocycles. The molecule has 4 nitrogen and oxygen atoms in total. The minimum Gasteiger partial charge on any atom is -0.457 e. The lowest BCUT2D eigenvalue weighted by Gasteiger charge is -2.15. The molecular formula is C20H16O4. The summed E-state index contributed by atoms with van der Waals surface area (Å²) in [6.07, 6.45) is 3.10. The third-order valence-corrected chi connectivity index (χ3v) is 5.42. The molecule has 4 heteroatoms. The normalized spacial score (nSPS) is 17.8. The average Bonchev–Trinajstić information content (AvgIpc) is 3.15. The van der Waals surface area contributed by atoms with Crippen LogP contribution < -0.4 is 0 Å². The van der Waals surface area contributed by atoms with E-state index >= 15 is 0 Å². The number of esters is 2. The van der Waals surface area contributed by atoms with Crippen molar-refractivity contribution < 1.29 is 19.1 Å². The number of hydrogen-bond acceptors (Lipinski definition) is 4. The Morgan fingerprint density at radius 3 is 1.42 bits per heavy atom. The number of carbonyl (C=O) groups is 2. The molecule has 0 spiro atoms. The molecule has 0 N–H and O–H groups in total. The predicted octanol–water partition coefficient (Wildman–Crippen LogP) is 2.91. The Labute approximate surface area is 139 Å². The molecule has 0 radical (unpaired) electrons. The Kier molecular flexibility index (Phi) is 2.84. The zero-order chi connectivity index (χ0) is 16.3. The standard InChI is InChI=1S/C20H16O4/c21-19-17-13-5-3-11(15(17)9-23-19)1-2-12-4-6-14(8-7-13)18-16(12)10-24-20(18)22/h3-6H,1-2,7-10H2. The summed E-state index contributed by atoms with van der Waals surface area (Å²) in [7, 11) is 0. The van der Waals surface area contributed by atoms with Crippen molar-refractivity contribution in [1.29, 1.82) is 0 Å². The average molecular weight is 320 g/mol. The summed E-state index contributed by atoms with van der Waals surface area (Å²) in [6.45, 7) is 0.767. The molecule has 2 aromatic carbocycles. The summed E-state index contributed by atoms with van der Waals surface area (Å²) >= 11 is 0. The molecule has 2 aromatic rings. The van der Waals surface area contributed by atoms with Gasteiger partial charge in [-0.25, -0.2) is 9.59 Å². The number of fused-ring (bicyclic) bond motifs is 4. The summed E-state index contributed by atoms with van der Waals surface area (Å²) in [5.74, 6) is -0.421. The number of rotatable bonds is 0. The van der Waals surface area contributed by atoms with Crippen LogP contribution in [0.2, 0.25) is 0 Å². The molecule has 0 fully saturated rings. The van der Waals surface area contributed by atoms with Crippen molar-refractivity contribution in [3.8, 4) is 0 Å². The number of aryl methyl sites for hydroxylation is 4. The van der Waals surface area contributed by atoms with Crippen LogP contribution in [-0.2, 0) is 48.4 Å². The zero-order valence-electron chi connectivity index (χ0n) is 13.2. The van der Waals surface area contributed by atoms with Crippen LogP contribution in [0.25, 0.3) is 0 Å². The van der Waals surface area contributed by atoms with Crippen LogP contribution in [-0.4, -0.2) is 11.9 Å². The molecule has 120 valence electrons.